The fourth-order valence-corrected chi connectivity index (χ4v) is 2.90. The molecule has 1 N–H and O–H groups in total. The molecule has 0 fully saturated rings. The topological polar surface area (TPSA) is 64.6 Å². The van der Waals surface area contributed by atoms with Gasteiger partial charge in [0, 0.05) is 17.2 Å². The molecule has 2 aromatic rings. The van der Waals surface area contributed by atoms with E-state index in [1.165, 1.54) is 0 Å². The molecule has 1 atom stereocenters. The Kier molecular flexibility index (Phi) is 7.45. The van der Waals surface area contributed by atoms with E-state index >= 15 is 0 Å². The molecule has 0 spiro atoms. The lowest BCUT2D eigenvalue weighted by atomic mass is 10.1. The molecule has 2 aromatic carbocycles. The SMILES string of the molecule is COCc1ccc(C(=O)OCC(=O)N[C@H](C)c2ccc(Cl)cc2Cl)cc1. The molecule has 5 nitrogen and oxygen atoms in total. The van der Waals surface area contributed by atoms with Crippen molar-refractivity contribution in [2.45, 2.75) is 19.6 Å². The maximum Gasteiger partial charge on any atom is 0.338 e. The number of ether oxygens (including phenoxy) is 2. The molecule has 0 aliphatic carbocycles. The molecule has 0 aromatic heterocycles. The van der Waals surface area contributed by atoms with Gasteiger partial charge in [-0.05, 0) is 42.3 Å². The van der Waals surface area contributed by atoms with Gasteiger partial charge in [0.15, 0.2) is 6.61 Å². The van der Waals surface area contributed by atoms with Gasteiger partial charge in [0.05, 0.1) is 18.2 Å². The zero-order chi connectivity index (χ0) is 19.1. The van der Waals surface area contributed by atoms with Gasteiger partial charge >= 0.3 is 5.97 Å². The largest absolute Gasteiger partial charge is 0.452 e. The Morgan fingerprint density at radius 2 is 1.81 bits per heavy atom. The number of carbonyl (C=O) groups excluding carboxylic acids is 2. The summed E-state index contributed by atoms with van der Waals surface area (Å²) in [5, 5.41) is 3.70. The van der Waals surface area contributed by atoms with Crippen LogP contribution in [0.15, 0.2) is 42.5 Å². The van der Waals surface area contributed by atoms with Crippen LogP contribution in [0.25, 0.3) is 0 Å². The van der Waals surface area contributed by atoms with Crippen molar-refractivity contribution in [3.63, 3.8) is 0 Å². The first-order valence-electron chi connectivity index (χ1n) is 7.90. The van der Waals surface area contributed by atoms with E-state index in [0.717, 1.165) is 11.1 Å². The van der Waals surface area contributed by atoms with Crippen LogP contribution in [0.5, 0.6) is 0 Å². The van der Waals surface area contributed by atoms with E-state index in [2.05, 4.69) is 5.32 Å². The zero-order valence-corrected chi connectivity index (χ0v) is 15.9. The monoisotopic (exact) mass is 395 g/mol. The molecule has 0 aliphatic rings. The lowest BCUT2D eigenvalue weighted by molar-refractivity contribution is -0.124. The Balaban J connectivity index is 1.86. The summed E-state index contributed by atoms with van der Waals surface area (Å²) >= 11 is 12.0. The molecule has 0 bridgehead atoms. The van der Waals surface area contributed by atoms with Crippen molar-refractivity contribution in [2.75, 3.05) is 13.7 Å². The van der Waals surface area contributed by atoms with Crippen molar-refractivity contribution in [1.29, 1.82) is 0 Å². The fourth-order valence-electron chi connectivity index (χ4n) is 2.33. The van der Waals surface area contributed by atoms with Crippen LogP contribution >= 0.6 is 23.2 Å². The highest BCUT2D eigenvalue weighted by atomic mass is 35.5. The number of halogens is 2. The first-order chi connectivity index (χ1) is 12.4. The van der Waals surface area contributed by atoms with Gasteiger partial charge in [-0.15, -0.1) is 0 Å². The average Bonchev–Trinajstić information content (AvgIpc) is 2.60. The Morgan fingerprint density at radius 1 is 1.12 bits per heavy atom. The van der Waals surface area contributed by atoms with Crippen molar-refractivity contribution in [3.05, 3.63) is 69.2 Å². The molecule has 0 heterocycles. The van der Waals surface area contributed by atoms with Crippen molar-refractivity contribution < 1.29 is 19.1 Å². The molecule has 7 heteroatoms. The molecule has 2 rings (SSSR count). The first-order valence-corrected chi connectivity index (χ1v) is 8.65. The molecule has 0 radical (unpaired) electrons. The highest BCUT2D eigenvalue weighted by Gasteiger charge is 2.15. The van der Waals surface area contributed by atoms with Crippen LogP contribution in [0.1, 0.15) is 34.5 Å². The average molecular weight is 396 g/mol. The highest BCUT2D eigenvalue weighted by Crippen LogP contribution is 2.26. The number of benzene rings is 2. The third-order valence-electron chi connectivity index (χ3n) is 3.64. The molecule has 0 saturated carbocycles. The van der Waals surface area contributed by atoms with Gasteiger partial charge in [0.25, 0.3) is 5.91 Å². The maximum atomic E-state index is 12.0. The molecular weight excluding hydrogens is 377 g/mol. The second-order valence-corrected chi connectivity index (χ2v) is 6.50. The lowest BCUT2D eigenvalue weighted by Crippen LogP contribution is -2.31. The van der Waals surface area contributed by atoms with Crippen LogP contribution in [0.3, 0.4) is 0 Å². The minimum Gasteiger partial charge on any atom is -0.452 e. The summed E-state index contributed by atoms with van der Waals surface area (Å²) in [5.74, 6) is -0.992. The summed E-state index contributed by atoms with van der Waals surface area (Å²) in [5.41, 5.74) is 2.03. The molecule has 1 amide bonds. The van der Waals surface area contributed by atoms with Gasteiger partial charge < -0.3 is 14.8 Å². The predicted molar refractivity (Wildman–Crippen MR) is 100 cm³/mol. The summed E-state index contributed by atoms with van der Waals surface area (Å²) in [7, 11) is 1.60. The first kappa shape index (κ1) is 20.2. The molecule has 0 aliphatic heterocycles. The molecule has 0 saturated heterocycles. The minimum absolute atomic E-state index is 0.348. The summed E-state index contributed by atoms with van der Waals surface area (Å²) < 4.78 is 10.0. The van der Waals surface area contributed by atoms with Crippen LogP contribution in [0.4, 0.5) is 0 Å². The number of esters is 1. The number of hydrogen-bond donors (Lipinski definition) is 1. The fraction of sp³-hybridized carbons (Fsp3) is 0.263. The van der Waals surface area contributed by atoms with Gasteiger partial charge in [-0.3, -0.25) is 4.79 Å². The minimum atomic E-state index is -0.568. The number of methoxy groups -OCH3 is 1. The molecular formula is C19H19Cl2NO4. The van der Waals surface area contributed by atoms with E-state index in [1.807, 2.05) is 0 Å². The number of hydrogen-bond acceptors (Lipinski definition) is 4. The Bertz CT molecular complexity index is 778. The number of amides is 1. The van der Waals surface area contributed by atoms with Gasteiger partial charge in [0.2, 0.25) is 0 Å². The van der Waals surface area contributed by atoms with E-state index in [9.17, 15) is 9.59 Å². The van der Waals surface area contributed by atoms with Crippen molar-refractivity contribution in [2.24, 2.45) is 0 Å². The van der Waals surface area contributed by atoms with Gasteiger partial charge in [-0.2, -0.15) is 0 Å². The maximum absolute atomic E-state index is 12.0. The highest BCUT2D eigenvalue weighted by molar-refractivity contribution is 6.35. The standard InChI is InChI=1S/C19H19Cl2NO4/c1-12(16-8-7-15(20)9-17(16)21)22-18(23)11-26-19(24)14-5-3-13(4-6-14)10-25-2/h3-9,12H,10-11H2,1-2H3,(H,22,23)/t12-/m1/s1. The normalized spacial score (nSPS) is 11.7. The summed E-state index contributed by atoms with van der Waals surface area (Å²) in [6.07, 6.45) is 0. The summed E-state index contributed by atoms with van der Waals surface area (Å²) in [6, 6.07) is 11.5. The van der Waals surface area contributed by atoms with Crippen LogP contribution in [-0.4, -0.2) is 25.6 Å². The Labute approximate surface area is 162 Å². The third-order valence-corrected chi connectivity index (χ3v) is 4.20. The van der Waals surface area contributed by atoms with Gasteiger partial charge in [0.1, 0.15) is 0 Å². The quantitative estimate of drug-likeness (QED) is 0.714. The summed E-state index contributed by atoms with van der Waals surface area (Å²) in [4.78, 5) is 24.0. The van der Waals surface area contributed by atoms with Crippen molar-refractivity contribution >= 4 is 35.1 Å². The van der Waals surface area contributed by atoms with Crippen LogP contribution < -0.4 is 5.32 Å². The number of carbonyl (C=O) groups is 2. The molecule has 138 valence electrons. The van der Waals surface area contributed by atoms with Gasteiger partial charge in [-0.1, -0.05) is 41.4 Å². The summed E-state index contributed by atoms with van der Waals surface area (Å²) in [6.45, 7) is 1.86. The van der Waals surface area contributed by atoms with E-state index in [4.69, 9.17) is 32.7 Å². The van der Waals surface area contributed by atoms with Gasteiger partial charge in [-0.25, -0.2) is 4.79 Å². The van der Waals surface area contributed by atoms with E-state index in [1.54, 1.807) is 56.5 Å². The predicted octanol–water partition coefficient (Wildman–Crippen LogP) is 4.17. The van der Waals surface area contributed by atoms with Crippen molar-refractivity contribution in [1.82, 2.24) is 5.32 Å². The Hall–Kier alpha value is -2.08. The Morgan fingerprint density at radius 3 is 2.42 bits per heavy atom. The number of nitrogens with one attached hydrogen (secondary N) is 1. The van der Waals surface area contributed by atoms with Crippen LogP contribution in [-0.2, 0) is 20.9 Å². The van der Waals surface area contributed by atoms with E-state index in [0.29, 0.717) is 22.2 Å². The third kappa shape index (κ3) is 5.73. The lowest BCUT2D eigenvalue weighted by Gasteiger charge is -2.16. The van der Waals surface area contributed by atoms with Crippen LogP contribution in [0, 0.1) is 0 Å². The smallest absolute Gasteiger partial charge is 0.338 e. The second-order valence-electron chi connectivity index (χ2n) is 5.66. The number of rotatable bonds is 7. The van der Waals surface area contributed by atoms with Crippen LogP contribution in [0.2, 0.25) is 10.0 Å². The zero-order valence-electron chi connectivity index (χ0n) is 14.4. The molecule has 26 heavy (non-hydrogen) atoms. The van der Waals surface area contributed by atoms with Crippen molar-refractivity contribution in [3.8, 4) is 0 Å². The van der Waals surface area contributed by atoms with E-state index < -0.39 is 11.9 Å². The van der Waals surface area contributed by atoms with E-state index in [-0.39, 0.29) is 12.6 Å². The molecule has 0 unspecified atom stereocenters. The second kappa shape index (κ2) is 9.57.